The van der Waals surface area contributed by atoms with Gasteiger partial charge in [-0.2, -0.15) is 12.6 Å². The Bertz CT molecular complexity index is 70.7. The second kappa shape index (κ2) is 11.2. The molecule has 74 valence electrons. The van der Waals surface area contributed by atoms with E-state index in [2.05, 4.69) is 12.6 Å². The molecule has 0 unspecified atom stereocenters. The molecule has 0 atom stereocenters. The smallest absolute Gasteiger partial charge is 0.0701 e. The van der Waals surface area contributed by atoms with E-state index in [9.17, 15) is 0 Å². The summed E-state index contributed by atoms with van der Waals surface area (Å²) in [5, 5.41) is 0. The van der Waals surface area contributed by atoms with Gasteiger partial charge in [0, 0.05) is 12.4 Å². The van der Waals surface area contributed by atoms with Gasteiger partial charge in [0.1, 0.15) is 0 Å². The molecule has 0 N–H and O–H groups in total. The van der Waals surface area contributed by atoms with Crippen LogP contribution in [0.15, 0.2) is 0 Å². The Morgan fingerprint density at radius 3 is 1.83 bits per heavy atom. The fourth-order valence-corrected chi connectivity index (χ4v) is 0.778. The maximum absolute atomic E-state index is 5.21. The molecule has 0 heterocycles. The lowest BCUT2D eigenvalue weighted by Crippen LogP contribution is -2.09. The van der Waals surface area contributed by atoms with Gasteiger partial charge in [0.05, 0.1) is 33.0 Å². The molecule has 0 amide bonds. The summed E-state index contributed by atoms with van der Waals surface area (Å²) in [5.74, 6) is 0.763. The molecule has 4 heteroatoms. The first kappa shape index (κ1) is 12.2. The van der Waals surface area contributed by atoms with E-state index in [0.29, 0.717) is 33.0 Å². The summed E-state index contributed by atoms with van der Waals surface area (Å²) in [4.78, 5) is 0. The first-order valence-corrected chi connectivity index (χ1v) is 4.89. The van der Waals surface area contributed by atoms with E-state index in [4.69, 9.17) is 14.2 Å². The van der Waals surface area contributed by atoms with Crippen LogP contribution in [-0.2, 0) is 14.2 Å². The van der Waals surface area contributed by atoms with Crippen LogP contribution in [0.1, 0.15) is 6.92 Å². The average molecular weight is 194 g/mol. The summed E-state index contributed by atoms with van der Waals surface area (Å²) >= 11 is 4.01. The molecule has 0 aliphatic carbocycles. The topological polar surface area (TPSA) is 27.7 Å². The highest BCUT2D eigenvalue weighted by Crippen LogP contribution is 1.81. The summed E-state index contributed by atoms with van der Waals surface area (Å²) in [6, 6.07) is 0. The van der Waals surface area contributed by atoms with Crippen LogP contribution in [0.3, 0.4) is 0 Å². The van der Waals surface area contributed by atoms with E-state index in [1.165, 1.54) is 0 Å². The quantitative estimate of drug-likeness (QED) is 0.438. The van der Waals surface area contributed by atoms with Crippen LogP contribution in [0.4, 0.5) is 0 Å². The van der Waals surface area contributed by atoms with Gasteiger partial charge in [0.25, 0.3) is 0 Å². The van der Waals surface area contributed by atoms with Crippen molar-refractivity contribution in [2.24, 2.45) is 0 Å². The van der Waals surface area contributed by atoms with Gasteiger partial charge in [0.2, 0.25) is 0 Å². The van der Waals surface area contributed by atoms with Crippen LogP contribution in [0.5, 0.6) is 0 Å². The molecule has 0 rings (SSSR count). The van der Waals surface area contributed by atoms with E-state index in [-0.39, 0.29) is 0 Å². The third-order valence-electron chi connectivity index (χ3n) is 1.18. The number of rotatable bonds is 9. The number of hydrogen-bond donors (Lipinski definition) is 1. The average Bonchev–Trinajstić information content (AvgIpc) is 2.10. The maximum atomic E-state index is 5.21. The zero-order valence-electron chi connectivity index (χ0n) is 7.62. The van der Waals surface area contributed by atoms with Crippen molar-refractivity contribution in [3.8, 4) is 0 Å². The van der Waals surface area contributed by atoms with Gasteiger partial charge in [-0.1, -0.05) is 0 Å². The van der Waals surface area contributed by atoms with Crippen LogP contribution in [0.25, 0.3) is 0 Å². The van der Waals surface area contributed by atoms with Gasteiger partial charge >= 0.3 is 0 Å². The van der Waals surface area contributed by atoms with Crippen molar-refractivity contribution >= 4 is 12.6 Å². The van der Waals surface area contributed by atoms with Crippen molar-refractivity contribution in [1.29, 1.82) is 0 Å². The third-order valence-corrected chi connectivity index (χ3v) is 1.37. The maximum Gasteiger partial charge on any atom is 0.0701 e. The Morgan fingerprint density at radius 1 is 0.833 bits per heavy atom. The minimum Gasteiger partial charge on any atom is -0.379 e. The van der Waals surface area contributed by atoms with Crippen LogP contribution >= 0.6 is 12.6 Å². The molecule has 0 aliphatic rings. The summed E-state index contributed by atoms with van der Waals surface area (Å²) in [6.45, 7) is 6.02. The zero-order chi connectivity index (χ0) is 9.07. The molecule has 0 saturated carbocycles. The van der Waals surface area contributed by atoms with Gasteiger partial charge < -0.3 is 14.2 Å². The van der Waals surface area contributed by atoms with Crippen molar-refractivity contribution in [3.05, 3.63) is 0 Å². The molecule has 0 saturated heterocycles. The number of ether oxygens (including phenoxy) is 3. The van der Waals surface area contributed by atoms with Gasteiger partial charge in [0.15, 0.2) is 0 Å². The second-order valence-electron chi connectivity index (χ2n) is 2.15. The summed E-state index contributed by atoms with van der Waals surface area (Å²) < 4.78 is 15.4. The highest BCUT2D eigenvalue weighted by Gasteiger charge is 1.88. The lowest BCUT2D eigenvalue weighted by atomic mass is 10.7. The lowest BCUT2D eigenvalue weighted by molar-refractivity contribution is 0.0200. The normalized spacial score (nSPS) is 10.5. The molecule has 12 heavy (non-hydrogen) atoms. The van der Waals surface area contributed by atoms with Crippen LogP contribution in [0.2, 0.25) is 0 Å². The first-order valence-electron chi connectivity index (χ1n) is 4.26. The number of hydrogen-bond acceptors (Lipinski definition) is 4. The molecule has 0 aromatic carbocycles. The third kappa shape index (κ3) is 10.2. The highest BCUT2D eigenvalue weighted by molar-refractivity contribution is 7.80. The van der Waals surface area contributed by atoms with Crippen molar-refractivity contribution in [2.45, 2.75) is 6.92 Å². The highest BCUT2D eigenvalue weighted by atomic mass is 32.1. The zero-order valence-corrected chi connectivity index (χ0v) is 8.52. The molecule has 0 radical (unpaired) electrons. The Morgan fingerprint density at radius 2 is 1.33 bits per heavy atom. The Kier molecular flexibility index (Phi) is 11.4. The molecular formula is C8H18O3S. The minimum atomic E-state index is 0.640. The largest absolute Gasteiger partial charge is 0.379 e. The van der Waals surface area contributed by atoms with Crippen molar-refractivity contribution < 1.29 is 14.2 Å². The Labute approximate surface area is 79.8 Å². The van der Waals surface area contributed by atoms with E-state index in [1.807, 2.05) is 6.92 Å². The van der Waals surface area contributed by atoms with Crippen molar-refractivity contribution in [1.82, 2.24) is 0 Å². The Balaban J connectivity index is 2.73. The van der Waals surface area contributed by atoms with Crippen LogP contribution in [0, 0.1) is 0 Å². The van der Waals surface area contributed by atoms with Crippen LogP contribution in [-0.4, -0.2) is 45.4 Å². The molecule has 0 fully saturated rings. The van der Waals surface area contributed by atoms with Crippen LogP contribution < -0.4 is 0 Å². The standard InChI is InChI=1S/C8H18O3S/c1-2-9-3-4-10-5-6-11-7-8-12/h12H,2-8H2,1H3. The second-order valence-corrected chi connectivity index (χ2v) is 2.59. The van der Waals surface area contributed by atoms with E-state index in [0.717, 1.165) is 12.4 Å². The molecule has 0 aliphatic heterocycles. The SMILES string of the molecule is CCOCCOCCOCCS. The monoisotopic (exact) mass is 194 g/mol. The Hall–Kier alpha value is 0.230. The lowest BCUT2D eigenvalue weighted by Gasteiger charge is -2.04. The van der Waals surface area contributed by atoms with Gasteiger partial charge in [-0.25, -0.2) is 0 Å². The molecule has 0 aromatic heterocycles. The summed E-state index contributed by atoms with van der Waals surface area (Å²) in [5.41, 5.74) is 0. The number of thiol groups is 1. The molecule has 0 aromatic rings. The molecule has 3 nitrogen and oxygen atoms in total. The van der Waals surface area contributed by atoms with E-state index in [1.54, 1.807) is 0 Å². The van der Waals surface area contributed by atoms with E-state index < -0.39 is 0 Å². The fraction of sp³-hybridized carbons (Fsp3) is 1.00. The van der Waals surface area contributed by atoms with Crippen molar-refractivity contribution in [2.75, 3.05) is 45.4 Å². The van der Waals surface area contributed by atoms with Crippen molar-refractivity contribution in [3.63, 3.8) is 0 Å². The predicted octanol–water partition coefficient (Wildman–Crippen LogP) is 0.986. The minimum absolute atomic E-state index is 0.640. The molecule has 0 bridgehead atoms. The van der Waals surface area contributed by atoms with Gasteiger partial charge in [-0.05, 0) is 6.92 Å². The predicted molar refractivity (Wildman–Crippen MR) is 52.0 cm³/mol. The molecular weight excluding hydrogens is 176 g/mol. The molecule has 0 spiro atoms. The fourth-order valence-electron chi connectivity index (χ4n) is 0.649. The summed E-state index contributed by atoms with van der Waals surface area (Å²) in [6.07, 6.45) is 0. The summed E-state index contributed by atoms with van der Waals surface area (Å²) in [7, 11) is 0. The van der Waals surface area contributed by atoms with Gasteiger partial charge in [-0.3, -0.25) is 0 Å². The first-order chi connectivity index (χ1) is 5.91. The van der Waals surface area contributed by atoms with Gasteiger partial charge in [-0.15, -0.1) is 0 Å². The van der Waals surface area contributed by atoms with E-state index >= 15 is 0 Å².